The number of pyridine rings is 1. The number of hydrogen-bond donors (Lipinski definition) is 0. The van der Waals surface area contributed by atoms with E-state index in [4.69, 9.17) is 9.72 Å². The van der Waals surface area contributed by atoms with Gasteiger partial charge in [0.05, 0.1) is 0 Å². The summed E-state index contributed by atoms with van der Waals surface area (Å²) in [6.45, 7) is 13.1. The fraction of sp³-hybridized carbons (Fsp3) is 0.700. The monoisotopic (exact) mass is 360 g/mol. The fourth-order valence-corrected chi connectivity index (χ4v) is 3.81. The van der Waals surface area contributed by atoms with Crippen molar-refractivity contribution in [2.75, 3.05) is 44.2 Å². The molecule has 0 N–H and O–H groups in total. The molecule has 0 saturated carbocycles. The van der Waals surface area contributed by atoms with Crippen molar-refractivity contribution in [1.29, 1.82) is 0 Å². The van der Waals surface area contributed by atoms with Crippen LogP contribution in [0.4, 0.5) is 10.6 Å². The van der Waals surface area contributed by atoms with Gasteiger partial charge in [-0.1, -0.05) is 13.0 Å². The van der Waals surface area contributed by atoms with Gasteiger partial charge in [0.25, 0.3) is 0 Å². The number of ether oxygens (including phenoxy) is 1. The summed E-state index contributed by atoms with van der Waals surface area (Å²) in [6.07, 6.45) is 4.31. The maximum atomic E-state index is 12.2. The highest BCUT2D eigenvalue weighted by atomic mass is 16.6. The first kappa shape index (κ1) is 19.0. The molecule has 2 aliphatic rings. The lowest BCUT2D eigenvalue weighted by atomic mass is 10.1. The molecule has 2 aliphatic heterocycles. The smallest absolute Gasteiger partial charge is 0.410 e. The molecule has 2 saturated heterocycles. The number of aromatic nitrogens is 1. The van der Waals surface area contributed by atoms with Gasteiger partial charge in [-0.3, -0.25) is 4.90 Å². The van der Waals surface area contributed by atoms with Crippen LogP contribution >= 0.6 is 0 Å². The van der Waals surface area contributed by atoms with E-state index in [2.05, 4.69) is 28.9 Å². The molecule has 0 aliphatic carbocycles. The topological polar surface area (TPSA) is 48.9 Å². The lowest BCUT2D eigenvalue weighted by molar-refractivity contribution is 0.0240. The molecule has 3 rings (SSSR count). The van der Waals surface area contributed by atoms with Gasteiger partial charge in [0.1, 0.15) is 11.4 Å². The quantitative estimate of drug-likeness (QED) is 0.828. The van der Waals surface area contributed by atoms with Crippen molar-refractivity contribution in [3.8, 4) is 0 Å². The van der Waals surface area contributed by atoms with Gasteiger partial charge in [0, 0.05) is 38.4 Å². The lowest BCUT2D eigenvalue weighted by Gasteiger charge is -2.36. The first-order chi connectivity index (χ1) is 12.4. The second-order valence-corrected chi connectivity index (χ2v) is 8.19. The van der Waals surface area contributed by atoms with Crippen LogP contribution in [0.1, 0.15) is 52.1 Å². The first-order valence-electron chi connectivity index (χ1n) is 9.80. The number of anilines is 1. The summed E-state index contributed by atoms with van der Waals surface area (Å²) >= 11 is 0. The molecule has 0 radical (unpaired) electrons. The maximum Gasteiger partial charge on any atom is 0.410 e. The van der Waals surface area contributed by atoms with Crippen LogP contribution in [0.2, 0.25) is 0 Å². The van der Waals surface area contributed by atoms with Crippen molar-refractivity contribution in [3.05, 3.63) is 23.9 Å². The minimum absolute atomic E-state index is 0.221. The predicted octanol–water partition coefficient (Wildman–Crippen LogP) is 3.30. The minimum atomic E-state index is -0.446. The first-order valence-corrected chi connectivity index (χ1v) is 9.80. The summed E-state index contributed by atoms with van der Waals surface area (Å²) < 4.78 is 5.46. The molecule has 0 spiro atoms. The second kappa shape index (κ2) is 7.82. The summed E-state index contributed by atoms with van der Waals surface area (Å²) in [7, 11) is 0. The van der Waals surface area contributed by atoms with Crippen molar-refractivity contribution in [3.63, 3.8) is 0 Å². The zero-order valence-electron chi connectivity index (χ0n) is 16.6. The second-order valence-electron chi connectivity index (χ2n) is 8.19. The Labute approximate surface area is 157 Å². The molecule has 1 aromatic rings. The molecule has 0 aromatic carbocycles. The Hall–Kier alpha value is -1.82. The van der Waals surface area contributed by atoms with E-state index in [-0.39, 0.29) is 6.09 Å². The Bertz CT molecular complexity index is 603. The van der Waals surface area contributed by atoms with Gasteiger partial charge in [-0.15, -0.1) is 0 Å². The summed E-state index contributed by atoms with van der Waals surface area (Å²) in [5.41, 5.74) is 0.874. The molecule has 1 aromatic heterocycles. The highest BCUT2D eigenvalue weighted by Gasteiger charge is 2.27. The van der Waals surface area contributed by atoms with Crippen LogP contribution < -0.4 is 4.90 Å². The Morgan fingerprint density at radius 3 is 2.50 bits per heavy atom. The van der Waals surface area contributed by atoms with Crippen LogP contribution in [0, 0.1) is 0 Å². The van der Waals surface area contributed by atoms with Gasteiger partial charge in [0.2, 0.25) is 0 Å². The van der Waals surface area contributed by atoms with E-state index < -0.39 is 5.60 Å². The molecular formula is C20H32N4O2. The van der Waals surface area contributed by atoms with Crippen molar-refractivity contribution >= 4 is 11.9 Å². The third-order valence-corrected chi connectivity index (χ3v) is 5.18. The fourth-order valence-electron chi connectivity index (χ4n) is 3.81. The zero-order valence-corrected chi connectivity index (χ0v) is 16.6. The van der Waals surface area contributed by atoms with Crippen molar-refractivity contribution in [2.24, 2.45) is 0 Å². The third-order valence-electron chi connectivity index (χ3n) is 5.18. The molecule has 26 heavy (non-hydrogen) atoms. The number of nitrogens with zero attached hydrogens (tertiary/aromatic N) is 4. The Balaban J connectivity index is 1.56. The number of piperazine rings is 1. The third kappa shape index (κ3) is 4.47. The molecule has 3 heterocycles. The van der Waals surface area contributed by atoms with Gasteiger partial charge in [0.15, 0.2) is 0 Å². The highest BCUT2D eigenvalue weighted by molar-refractivity contribution is 5.68. The number of hydrogen-bond acceptors (Lipinski definition) is 5. The summed E-state index contributed by atoms with van der Waals surface area (Å²) in [4.78, 5) is 23.4. The van der Waals surface area contributed by atoms with E-state index in [1.165, 1.54) is 24.9 Å². The van der Waals surface area contributed by atoms with Crippen LogP contribution in [0.15, 0.2) is 18.3 Å². The standard InChI is InChI=1S/C20H32N4O2/c1-5-22-10-6-7-17(22)16-8-9-18(21-15-16)23-11-13-24(14-12-23)19(25)26-20(2,3)4/h8-9,15,17H,5-7,10-14H2,1-4H3/t17-/m0/s1. The molecule has 0 unspecified atom stereocenters. The van der Waals surface area contributed by atoms with Crippen LogP contribution in [-0.2, 0) is 4.74 Å². The number of likely N-dealkylation sites (tertiary alicyclic amines) is 1. The van der Waals surface area contributed by atoms with Crippen molar-refractivity contribution < 1.29 is 9.53 Å². The van der Waals surface area contributed by atoms with E-state index >= 15 is 0 Å². The normalized spacial score (nSPS) is 21.9. The highest BCUT2D eigenvalue weighted by Crippen LogP contribution is 2.31. The van der Waals surface area contributed by atoms with Crippen LogP contribution in [0.5, 0.6) is 0 Å². The Kier molecular flexibility index (Phi) is 5.70. The van der Waals surface area contributed by atoms with E-state index in [0.717, 1.165) is 25.5 Å². The van der Waals surface area contributed by atoms with Gasteiger partial charge < -0.3 is 14.5 Å². The molecule has 6 nitrogen and oxygen atoms in total. The molecule has 1 amide bonds. The van der Waals surface area contributed by atoms with Gasteiger partial charge in [-0.2, -0.15) is 0 Å². The molecule has 144 valence electrons. The van der Waals surface area contributed by atoms with Gasteiger partial charge in [-0.25, -0.2) is 9.78 Å². The molecule has 1 atom stereocenters. The summed E-state index contributed by atoms with van der Waals surface area (Å²) in [5.74, 6) is 0.999. The molecule has 2 fully saturated rings. The van der Waals surface area contributed by atoms with Crippen molar-refractivity contribution in [1.82, 2.24) is 14.8 Å². The van der Waals surface area contributed by atoms with E-state index in [0.29, 0.717) is 19.1 Å². The SMILES string of the molecule is CCN1CCC[C@H]1c1ccc(N2CCN(C(=O)OC(C)(C)C)CC2)nc1. The number of carbonyl (C=O) groups is 1. The molecule has 0 bridgehead atoms. The molecule has 6 heteroatoms. The van der Waals surface area contributed by atoms with E-state index in [1.54, 1.807) is 4.90 Å². The van der Waals surface area contributed by atoms with Crippen LogP contribution in [0.3, 0.4) is 0 Å². The van der Waals surface area contributed by atoms with Crippen LogP contribution in [-0.4, -0.2) is 65.7 Å². The maximum absolute atomic E-state index is 12.2. The lowest BCUT2D eigenvalue weighted by Crippen LogP contribution is -2.50. The van der Waals surface area contributed by atoms with E-state index in [1.807, 2.05) is 27.0 Å². The minimum Gasteiger partial charge on any atom is -0.444 e. The zero-order chi connectivity index (χ0) is 18.7. The number of carbonyl (C=O) groups excluding carboxylic acids is 1. The Morgan fingerprint density at radius 1 is 1.19 bits per heavy atom. The van der Waals surface area contributed by atoms with E-state index in [9.17, 15) is 4.79 Å². The largest absolute Gasteiger partial charge is 0.444 e. The Morgan fingerprint density at radius 2 is 1.92 bits per heavy atom. The van der Waals surface area contributed by atoms with Gasteiger partial charge in [-0.05, 0) is 58.3 Å². The number of amides is 1. The average molecular weight is 361 g/mol. The van der Waals surface area contributed by atoms with Crippen LogP contribution in [0.25, 0.3) is 0 Å². The number of rotatable bonds is 3. The van der Waals surface area contributed by atoms with Gasteiger partial charge >= 0.3 is 6.09 Å². The predicted molar refractivity (Wildman–Crippen MR) is 103 cm³/mol. The summed E-state index contributed by atoms with van der Waals surface area (Å²) in [6, 6.07) is 4.87. The molecular weight excluding hydrogens is 328 g/mol. The van der Waals surface area contributed by atoms with Crippen molar-refractivity contribution in [2.45, 2.75) is 52.2 Å². The average Bonchev–Trinajstić information content (AvgIpc) is 3.09. The summed E-state index contributed by atoms with van der Waals surface area (Å²) in [5, 5.41) is 0.